The molecule has 40 valence electrons. The molecule has 1 N–H and O–H groups in total. The Morgan fingerprint density at radius 1 is 1.86 bits per heavy atom. The molecular weight excluding hydrogens is 86.1 g/mol. The quantitative estimate of drug-likeness (QED) is 0.411. The van der Waals surface area contributed by atoms with Gasteiger partial charge in [0.2, 0.25) is 0 Å². The summed E-state index contributed by atoms with van der Waals surface area (Å²) < 4.78 is 0. The van der Waals surface area contributed by atoms with Gasteiger partial charge in [-0.1, -0.05) is 5.57 Å². The first-order valence-corrected chi connectivity index (χ1v) is 2.40. The smallest absolute Gasteiger partial charge is 0.00446 e. The molecule has 0 aliphatic rings. The molecule has 0 amide bonds. The SMILES string of the molecule is C=C(C)CCC=N. The van der Waals surface area contributed by atoms with Gasteiger partial charge in [0.05, 0.1) is 0 Å². The molecule has 1 heteroatoms. The minimum atomic E-state index is 0.843. The van der Waals surface area contributed by atoms with Gasteiger partial charge >= 0.3 is 0 Å². The van der Waals surface area contributed by atoms with Gasteiger partial charge in [-0.25, -0.2) is 0 Å². The first-order chi connectivity index (χ1) is 3.27. The van der Waals surface area contributed by atoms with Crippen LogP contribution in [0.2, 0.25) is 0 Å². The largest absolute Gasteiger partial charge is 0.313 e. The molecule has 0 rings (SSSR count). The molecule has 0 aromatic rings. The van der Waals surface area contributed by atoms with Crippen LogP contribution in [-0.2, 0) is 0 Å². The summed E-state index contributed by atoms with van der Waals surface area (Å²) >= 11 is 0. The van der Waals surface area contributed by atoms with E-state index in [1.54, 1.807) is 0 Å². The van der Waals surface area contributed by atoms with Gasteiger partial charge in [-0.05, 0) is 26.0 Å². The van der Waals surface area contributed by atoms with Crippen LogP contribution in [0.25, 0.3) is 0 Å². The highest BCUT2D eigenvalue weighted by atomic mass is 14.3. The summed E-state index contributed by atoms with van der Waals surface area (Å²) in [7, 11) is 0. The van der Waals surface area contributed by atoms with Crippen molar-refractivity contribution in [1.82, 2.24) is 0 Å². The Labute approximate surface area is 44.6 Å². The fourth-order valence-electron chi connectivity index (χ4n) is 0.319. The van der Waals surface area contributed by atoms with E-state index in [1.165, 1.54) is 6.21 Å². The standard InChI is InChI=1S/C6H11N/c1-6(2)4-3-5-7/h5,7H,1,3-4H2,2H3. The monoisotopic (exact) mass is 97.1 g/mol. The van der Waals surface area contributed by atoms with E-state index in [4.69, 9.17) is 5.41 Å². The third-order valence-electron chi connectivity index (χ3n) is 0.715. The second-order valence-electron chi connectivity index (χ2n) is 1.70. The zero-order chi connectivity index (χ0) is 5.70. The van der Waals surface area contributed by atoms with Crippen molar-refractivity contribution >= 4 is 6.21 Å². The summed E-state index contributed by atoms with van der Waals surface area (Å²) in [6.07, 6.45) is 3.22. The fourth-order valence-corrected chi connectivity index (χ4v) is 0.319. The van der Waals surface area contributed by atoms with Gasteiger partial charge in [0, 0.05) is 0 Å². The average Bonchev–Trinajstić information content (AvgIpc) is 1.61. The lowest BCUT2D eigenvalue weighted by atomic mass is 10.2. The molecule has 7 heavy (non-hydrogen) atoms. The molecule has 0 unspecified atom stereocenters. The maximum Gasteiger partial charge on any atom is -0.00446 e. The Morgan fingerprint density at radius 3 is 2.57 bits per heavy atom. The second-order valence-corrected chi connectivity index (χ2v) is 1.70. The van der Waals surface area contributed by atoms with E-state index in [0.717, 1.165) is 18.4 Å². The van der Waals surface area contributed by atoms with Gasteiger partial charge in [0.15, 0.2) is 0 Å². The number of allylic oxidation sites excluding steroid dienone is 1. The van der Waals surface area contributed by atoms with E-state index in [2.05, 4.69) is 6.58 Å². The molecule has 0 fully saturated rings. The van der Waals surface area contributed by atoms with Crippen molar-refractivity contribution in [2.45, 2.75) is 19.8 Å². The topological polar surface area (TPSA) is 23.9 Å². The molecule has 0 heterocycles. The summed E-state index contributed by atoms with van der Waals surface area (Å²) in [5.74, 6) is 0. The van der Waals surface area contributed by atoms with E-state index in [0.29, 0.717) is 0 Å². The van der Waals surface area contributed by atoms with Gasteiger partial charge in [-0.15, -0.1) is 6.58 Å². The van der Waals surface area contributed by atoms with Crippen LogP contribution in [0, 0.1) is 5.41 Å². The van der Waals surface area contributed by atoms with Crippen molar-refractivity contribution in [3.63, 3.8) is 0 Å². The molecule has 0 aliphatic heterocycles. The van der Waals surface area contributed by atoms with Gasteiger partial charge in [0.25, 0.3) is 0 Å². The van der Waals surface area contributed by atoms with Crippen molar-refractivity contribution in [3.05, 3.63) is 12.2 Å². The molecule has 0 radical (unpaired) electrons. The average molecular weight is 97.2 g/mol. The molecule has 0 atom stereocenters. The van der Waals surface area contributed by atoms with Crippen molar-refractivity contribution in [2.24, 2.45) is 0 Å². The normalized spacial score (nSPS) is 8.14. The predicted octanol–water partition coefficient (Wildman–Crippen LogP) is 1.99. The Kier molecular flexibility index (Phi) is 3.29. The Morgan fingerprint density at radius 2 is 2.43 bits per heavy atom. The van der Waals surface area contributed by atoms with Crippen molar-refractivity contribution in [1.29, 1.82) is 5.41 Å². The van der Waals surface area contributed by atoms with E-state index in [1.807, 2.05) is 6.92 Å². The summed E-state index contributed by atoms with van der Waals surface area (Å²) in [5.41, 5.74) is 1.16. The van der Waals surface area contributed by atoms with Crippen LogP contribution < -0.4 is 0 Å². The highest BCUT2D eigenvalue weighted by Gasteiger charge is 1.79. The lowest BCUT2D eigenvalue weighted by molar-refractivity contribution is 1.03. The van der Waals surface area contributed by atoms with Crippen molar-refractivity contribution < 1.29 is 0 Å². The molecule has 1 nitrogen and oxygen atoms in total. The highest BCUT2D eigenvalue weighted by Crippen LogP contribution is 1.95. The lowest BCUT2D eigenvalue weighted by Gasteiger charge is -1.88. The summed E-state index contributed by atoms with van der Waals surface area (Å²) in [5, 5.41) is 6.63. The van der Waals surface area contributed by atoms with Crippen molar-refractivity contribution in [2.75, 3.05) is 0 Å². The third-order valence-corrected chi connectivity index (χ3v) is 0.715. The highest BCUT2D eigenvalue weighted by molar-refractivity contribution is 5.53. The summed E-state index contributed by atoms with van der Waals surface area (Å²) in [6.45, 7) is 5.66. The van der Waals surface area contributed by atoms with Crippen LogP contribution in [0.5, 0.6) is 0 Å². The van der Waals surface area contributed by atoms with Gasteiger partial charge in [-0.2, -0.15) is 0 Å². The maximum atomic E-state index is 6.63. The first-order valence-electron chi connectivity index (χ1n) is 2.40. The molecular formula is C6H11N. The zero-order valence-electron chi connectivity index (χ0n) is 4.70. The van der Waals surface area contributed by atoms with Crippen LogP contribution >= 0.6 is 0 Å². The van der Waals surface area contributed by atoms with Gasteiger partial charge in [-0.3, -0.25) is 0 Å². The minimum Gasteiger partial charge on any atom is -0.313 e. The second kappa shape index (κ2) is 3.59. The number of hydrogen-bond donors (Lipinski definition) is 1. The number of hydrogen-bond acceptors (Lipinski definition) is 1. The Balaban J connectivity index is 2.97. The van der Waals surface area contributed by atoms with Crippen molar-refractivity contribution in [3.8, 4) is 0 Å². The number of rotatable bonds is 3. The molecule has 0 aromatic heterocycles. The number of nitrogens with one attached hydrogen (secondary N) is 1. The van der Waals surface area contributed by atoms with Crippen LogP contribution in [-0.4, -0.2) is 6.21 Å². The Hall–Kier alpha value is -0.590. The zero-order valence-corrected chi connectivity index (χ0v) is 4.70. The van der Waals surface area contributed by atoms with E-state index in [-0.39, 0.29) is 0 Å². The fraction of sp³-hybridized carbons (Fsp3) is 0.500. The minimum absolute atomic E-state index is 0.843. The molecule has 0 saturated carbocycles. The predicted molar refractivity (Wildman–Crippen MR) is 32.8 cm³/mol. The first kappa shape index (κ1) is 6.41. The molecule has 0 aliphatic carbocycles. The van der Waals surface area contributed by atoms with E-state index >= 15 is 0 Å². The maximum absolute atomic E-state index is 6.63. The molecule has 0 bridgehead atoms. The summed E-state index contributed by atoms with van der Waals surface area (Å²) in [4.78, 5) is 0. The van der Waals surface area contributed by atoms with E-state index in [9.17, 15) is 0 Å². The summed E-state index contributed by atoms with van der Waals surface area (Å²) in [6, 6.07) is 0. The molecule has 0 aromatic carbocycles. The third kappa shape index (κ3) is 5.41. The van der Waals surface area contributed by atoms with Crippen LogP contribution in [0.4, 0.5) is 0 Å². The lowest BCUT2D eigenvalue weighted by Crippen LogP contribution is -1.73. The Bertz CT molecular complexity index is 74.2. The van der Waals surface area contributed by atoms with Gasteiger partial charge in [0.1, 0.15) is 0 Å². The van der Waals surface area contributed by atoms with Crippen LogP contribution in [0.1, 0.15) is 19.8 Å². The van der Waals surface area contributed by atoms with Crippen LogP contribution in [0.15, 0.2) is 12.2 Å². The molecule has 0 saturated heterocycles. The molecule has 0 spiro atoms. The van der Waals surface area contributed by atoms with E-state index < -0.39 is 0 Å². The van der Waals surface area contributed by atoms with Crippen LogP contribution in [0.3, 0.4) is 0 Å². The van der Waals surface area contributed by atoms with Gasteiger partial charge < -0.3 is 5.41 Å².